The Bertz CT molecular complexity index is 384. The van der Waals surface area contributed by atoms with Gasteiger partial charge in [-0.05, 0) is 0 Å². The number of nitrogens with one attached hydrogen (secondary N) is 2. The van der Waals surface area contributed by atoms with E-state index in [0.29, 0.717) is 10.6 Å². The zero-order valence-corrected chi connectivity index (χ0v) is 14.9. The number of nitrogens with two attached hydrogens (primary N) is 2. The molecule has 0 heterocycles. The van der Waals surface area contributed by atoms with Gasteiger partial charge in [-0.1, -0.05) is 0 Å². The molecule has 0 aliphatic carbocycles. The zero-order valence-electron chi connectivity index (χ0n) is 11.5. The molecule has 0 rings (SSSR count). The first kappa shape index (κ1) is 20.8. The normalized spacial score (nSPS) is 13.0. The molecule has 12 heteroatoms. The number of carboxylic acid groups (broad SMARTS) is 2. The minimum atomic E-state index is -1.14. The fourth-order valence-corrected chi connectivity index (χ4v) is 7.93. The molecule has 0 aromatic heterocycles. The molecule has 0 radical (unpaired) electrons. The summed E-state index contributed by atoms with van der Waals surface area (Å²) in [5, 5.41) is 22.0. The SMILES string of the molecule is N[C@@H](C[Se][Se]C[C@H](N)C(=O)NCC(=O)O)C(=O)NCC(=O)O. The predicted octanol–water partition coefficient (Wildman–Crippen LogP) is -3.80. The van der Waals surface area contributed by atoms with Gasteiger partial charge in [0.05, 0.1) is 0 Å². The van der Waals surface area contributed by atoms with Crippen molar-refractivity contribution < 1.29 is 29.4 Å². The number of amides is 2. The second kappa shape index (κ2) is 11.4. The molecule has 8 N–H and O–H groups in total. The van der Waals surface area contributed by atoms with E-state index in [4.69, 9.17) is 21.7 Å². The Hall–Kier alpha value is -1.16. The van der Waals surface area contributed by atoms with E-state index in [-0.39, 0.29) is 26.3 Å². The predicted molar refractivity (Wildman–Crippen MR) is 78.4 cm³/mol. The van der Waals surface area contributed by atoms with E-state index in [1.165, 1.54) is 0 Å². The van der Waals surface area contributed by atoms with Crippen LogP contribution in [0, 0.1) is 0 Å². The van der Waals surface area contributed by atoms with Gasteiger partial charge in [0, 0.05) is 0 Å². The molecule has 22 heavy (non-hydrogen) atoms. The number of aliphatic carboxylic acids is 2. The van der Waals surface area contributed by atoms with Crippen LogP contribution in [-0.4, -0.2) is 85.4 Å². The van der Waals surface area contributed by atoms with Crippen molar-refractivity contribution in [2.75, 3.05) is 13.1 Å². The van der Waals surface area contributed by atoms with Crippen molar-refractivity contribution in [3.63, 3.8) is 0 Å². The fraction of sp³-hybridized carbons (Fsp3) is 0.600. The summed E-state index contributed by atoms with van der Waals surface area (Å²) in [6.07, 6.45) is 0. The Labute approximate surface area is 137 Å². The van der Waals surface area contributed by atoms with Crippen LogP contribution in [0.3, 0.4) is 0 Å². The Balaban J connectivity index is 3.82. The van der Waals surface area contributed by atoms with Gasteiger partial charge in [0.25, 0.3) is 0 Å². The third-order valence-corrected chi connectivity index (χ3v) is 9.29. The summed E-state index contributed by atoms with van der Waals surface area (Å²) in [6, 6.07) is -1.56. The fourth-order valence-electron chi connectivity index (χ4n) is 0.982. The van der Waals surface area contributed by atoms with Gasteiger partial charge < -0.3 is 0 Å². The first-order valence-electron chi connectivity index (χ1n) is 5.98. The van der Waals surface area contributed by atoms with E-state index < -0.39 is 48.9 Å². The van der Waals surface area contributed by atoms with Crippen molar-refractivity contribution in [1.82, 2.24) is 10.6 Å². The van der Waals surface area contributed by atoms with Gasteiger partial charge in [0.2, 0.25) is 0 Å². The number of carbonyl (C=O) groups excluding carboxylic acids is 2. The summed E-state index contributed by atoms with van der Waals surface area (Å²) < 4.78 is 0. The van der Waals surface area contributed by atoms with E-state index in [2.05, 4.69) is 10.6 Å². The van der Waals surface area contributed by atoms with Crippen LogP contribution in [0.2, 0.25) is 10.6 Å². The number of carboxylic acids is 2. The molecule has 0 aliphatic heterocycles. The molecule has 0 saturated heterocycles. The van der Waals surface area contributed by atoms with Gasteiger partial charge in [-0.3, -0.25) is 0 Å². The molecule has 0 aliphatic rings. The molecule has 0 spiro atoms. The summed E-state index contributed by atoms with van der Waals surface area (Å²) in [7, 11) is 0. The van der Waals surface area contributed by atoms with Gasteiger partial charge in [-0.15, -0.1) is 0 Å². The van der Waals surface area contributed by atoms with E-state index in [9.17, 15) is 19.2 Å². The van der Waals surface area contributed by atoms with Gasteiger partial charge in [-0.25, -0.2) is 0 Å². The third-order valence-electron chi connectivity index (χ3n) is 2.08. The van der Waals surface area contributed by atoms with Crippen LogP contribution in [0.4, 0.5) is 0 Å². The molecule has 126 valence electrons. The molecule has 10 nitrogen and oxygen atoms in total. The van der Waals surface area contributed by atoms with Crippen molar-refractivity contribution in [1.29, 1.82) is 0 Å². The van der Waals surface area contributed by atoms with Crippen LogP contribution in [0.15, 0.2) is 0 Å². The molecule has 0 aromatic carbocycles. The molecule has 2 atom stereocenters. The second-order valence-corrected chi connectivity index (χ2v) is 11.5. The minimum absolute atomic E-state index is 0.0255. The molecular weight excluding hydrogens is 430 g/mol. The number of hydrogen-bond acceptors (Lipinski definition) is 6. The van der Waals surface area contributed by atoms with Crippen molar-refractivity contribution >= 4 is 50.0 Å². The first-order chi connectivity index (χ1) is 10.2. The van der Waals surface area contributed by atoms with E-state index in [1.807, 2.05) is 0 Å². The van der Waals surface area contributed by atoms with Gasteiger partial charge >= 0.3 is 137 Å². The Morgan fingerprint density at radius 1 is 0.818 bits per heavy atom. The average molecular weight is 448 g/mol. The maximum absolute atomic E-state index is 11.4. The standard InChI is InChI=1S/C10H18N4O6Se2/c11-5(9(19)13-1-7(15)16)3-21-22-4-6(12)10(20)14-2-8(17)18/h5-6H,1-4,11-12H2,(H,13,19)(H,14,20)(H,15,16)(H,17,18)/t5-,6-/m0/s1. The van der Waals surface area contributed by atoms with Crippen molar-refractivity contribution in [2.24, 2.45) is 11.5 Å². The molecule has 0 aromatic rings. The van der Waals surface area contributed by atoms with Crippen LogP contribution < -0.4 is 22.1 Å². The Morgan fingerprint density at radius 3 is 1.41 bits per heavy atom. The summed E-state index contributed by atoms with van der Waals surface area (Å²) in [5.74, 6) is -3.34. The van der Waals surface area contributed by atoms with Gasteiger partial charge in [-0.2, -0.15) is 0 Å². The number of hydrogen-bond donors (Lipinski definition) is 6. The molecule has 2 amide bonds. The quantitative estimate of drug-likeness (QED) is 0.137. The average Bonchev–Trinajstić information content (AvgIpc) is 2.45. The molecule has 0 unspecified atom stereocenters. The topological polar surface area (TPSA) is 185 Å². The summed E-state index contributed by atoms with van der Waals surface area (Å²) in [6.45, 7) is -0.946. The van der Waals surface area contributed by atoms with Crippen LogP contribution in [0.5, 0.6) is 0 Å². The van der Waals surface area contributed by atoms with Crippen molar-refractivity contribution in [2.45, 2.75) is 22.7 Å². The van der Waals surface area contributed by atoms with Crippen LogP contribution in [0.25, 0.3) is 0 Å². The summed E-state index contributed by atoms with van der Waals surface area (Å²) in [4.78, 5) is 43.4. The van der Waals surface area contributed by atoms with Gasteiger partial charge in [0.1, 0.15) is 0 Å². The maximum atomic E-state index is 11.4. The third kappa shape index (κ3) is 10.5. The molecule has 0 fully saturated rings. The van der Waals surface area contributed by atoms with E-state index in [0.717, 1.165) is 0 Å². The van der Waals surface area contributed by atoms with Crippen molar-refractivity contribution in [3.8, 4) is 0 Å². The van der Waals surface area contributed by atoms with E-state index >= 15 is 0 Å². The molecule has 0 saturated carbocycles. The van der Waals surface area contributed by atoms with Crippen LogP contribution >= 0.6 is 0 Å². The number of rotatable bonds is 11. The summed E-state index contributed by atoms with van der Waals surface area (Å²) in [5.41, 5.74) is 11.2. The van der Waals surface area contributed by atoms with Crippen molar-refractivity contribution in [3.05, 3.63) is 0 Å². The monoisotopic (exact) mass is 450 g/mol. The Morgan fingerprint density at radius 2 is 1.14 bits per heavy atom. The van der Waals surface area contributed by atoms with Crippen LogP contribution in [-0.2, 0) is 19.2 Å². The summed E-state index contributed by atoms with van der Waals surface area (Å²) >= 11 is 0.0509. The van der Waals surface area contributed by atoms with Gasteiger partial charge in [0.15, 0.2) is 0 Å². The molecule has 0 bridgehead atoms. The first-order valence-corrected chi connectivity index (χ1v) is 12.7. The second-order valence-electron chi connectivity index (χ2n) is 4.01. The molecular formula is C10H18N4O6Se2. The zero-order chi connectivity index (χ0) is 17.1. The number of carbonyl (C=O) groups is 4. The van der Waals surface area contributed by atoms with E-state index in [1.54, 1.807) is 0 Å². The Kier molecular flexibility index (Phi) is 10.8. The van der Waals surface area contributed by atoms with Crippen LogP contribution in [0.1, 0.15) is 0 Å².